The van der Waals surface area contributed by atoms with Crippen molar-refractivity contribution in [2.24, 2.45) is 0 Å². The van der Waals surface area contributed by atoms with Gasteiger partial charge in [-0.05, 0) is 41.7 Å². The molecule has 0 bridgehead atoms. The van der Waals surface area contributed by atoms with Gasteiger partial charge in [-0.3, -0.25) is 9.80 Å². The average molecular weight is 294 g/mol. The minimum atomic E-state index is 0.320. The molecule has 1 saturated heterocycles. The van der Waals surface area contributed by atoms with Crippen LogP contribution in [0.2, 0.25) is 0 Å². The topological polar surface area (TPSA) is 26.7 Å². The third kappa shape index (κ3) is 3.42. The highest BCUT2D eigenvalue weighted by Gasteiger charge is 2.32. The zero-order chi connectivity index (χ0) is 13.8. The number of aliphatic hydroxyl groups excluding tert-OH is 1. The highest BCUT2D eigenvalue weighted by molar-refractivity contribution is 7.07. The molecular weight excluding hydrogens is 268 g/mol. The van der Waals surface area contributed by atoms with E-state index >= 15 is 0 Å². The van der Waals surface area contributed by atoms with Gasteiger partial charge in [0.25, 0.3) is 0 Å². The Morgan fingerprint density at radius 3 is 2.80 bits per heavy atom. The summed E-state index contributed by atoms with van der Waals surface area (Å²) in [6.07, 6.45) is 6.45. The van der Waals surface area contributed by atoms with E-state index in [2.05, 4.69) is 26.6 Å². The molecular formula is C16H26N2OS. The summed E-state index contributed by atoms with van der Waals surface area (Å²) in [5.41, 5.74) is 1.44. The molecule has 1 aliphatic carbocycles. The number of hydrogen-bond donors (Lipinski definition) is 1. The summed E-state index contributed by atoms with van der Waals surface area (Å²) >= 11 is 1.78. The van der Waals surface area contributed by atoms with Crippen molar-refractivity contribution in [3.05, 3.63) is 22.4 Å². The van der Waals surface area contributed by atoms with Crippen molar-refractivity contribution in [3.63, 3.8) is 0 Å². The fourth-order valence-electron chi connectivity index (χ4n) is 3.84. The van der Waals surface area contributed by atoms with Crippen molar-refractivity contribution >= 4 is 11.3 Å². The smallest absolute Gasteiger partial charge is 0.0446 e. The second-order valence-electron chi connectivity index (χ2n) is 6.21. The molecule has 0 spiro atoms. The first-order valence-corrected chi connectivity index (χ1v) is 8.91. The molecule has 112 valence electrons. The molecule has 0 aromatic carbocycles. The van der Waals surface area contributed by atoms with Crippen molar-refractivity contribution in [1.29, 1.82) is 0 Å². The lowest BCUT2D eigenvalue weighted by Gasteiger charge is -2.44. The van der Waals surface area contributed by atoms with Gasteiger partial charge in [-0.25, -0.2) is 0 Å². The van der Waals surface area contributed by atoms with Gasteiger partial charge in [0.1, 0.15) is 0 Å². The van der Waals surface area contributed by atoms with Gasteiger partial charge in [-0.15, -0.1) is 0 Å². The summed E-state index contributed by atoms with van der Waals surface area (Å²) in [6.45, 7) is 4.87. The van der Waals surface area contributed by atoms with Crippen LogP contribution >= 0.6 is 11.3 Å². The molecule has 3 rings (SSSR count). The first-order valence-electron chi connectivity index (χ1n) is 7.97. The lowest BCUT2D eigenvalue weighted by molar-refractivity contribution is 0.0268. The largest absolute Gasteiger partial charge is 0.396 e. The van der Waals surface area contributed by atoms with Gasteiger partial charge < -0.3 is 5.11 Å². The molecule has 3 nitrogen and oxygen atoms in total. The summed E-state index contributed by atoms with van der Waals surface area (Å²) in [7, 11) is 0. The molecule has 1 N–H and O–H groups in total. The van der Waals surface area contributed by atoms with E-state index in [1.54, 1.807) is 11.3 Å². The van der Waals surface area contributed by atoms with Gasteiger partial charge >= 0.3 is 0 Å². The SMILES string of the molecule is OCCC1CN(Cc2ccsc2)CCN1C1CCCC1. The first kappa shape index (κ1) is 14.5. The Labute approximate surface area is 126 Å². The highest BCUT2D eigenvalue weighted by Crippen LogP contribution is 2.28. The van der Waals surface area contributed by atoms with Crippen molar-refractivity contribution in [3.8, 4) is 0 Å². The van der Waals surface area contributed by atoms with Gasteiger partial charge in [-0.2, -0.15) is 11.3 Å². The van der Waals surface area contributed by atoms with Crippen molar-refractivity contribution < 1.29 is 5.11 Å². The van der Waals surface area contributed by atoms with Gasteiger partial charge in [-0.1, -0.05) is 12.8 Å². The second kappa shape index (κ2) is 7.03. The standard InChI is InChI=1S/C16H26N2OS/c19-9-5-16-12-17(11-14-6-10-20-13-14)7-8-18(16)15-3-1-2-4-15/h6,10,13,15-16,19H,1-5,7-9,11-12H2. The molecule has 1 atom stereocenters. The predicted molar refractivity (Wildman–Crippen MR) is 84.0 cm³/mol. The Kier molecular flexibility index (Phi) is 5.10. The number of nitrogens with zero attached hydrogens (tertiary/aromatic N) is 2. The van der Waals surface area contributed by atoms with E-state index in [-0.39, 0.29) is 0 Å². The fraction of sp³-hybridized carbons (Fsp3) is 0.750. The van der Waals surface area contributed by atoms with E-state index in [1.807, 2.05) is 0 Å². The van der Waals surface area contributed by atoms with Crippen molar-refractivity contribution in [2.75, 3.05) is 26.2 Å². The lowest BCUT2D eigenvalue weighted by Crippen LogP contribution is -2.55. The third-order valence-electron chi connectivity index (χ3n) is 4.85. The maximum Gasteiger partial charge on any atom is 0.0446 e. The molecule has 2 aliphatic rings. The van der Waals surface area contributed by atoms with E-state index in [4.69, 9.17) is 0 Å². The Balaban J connectivity index is 1.59. The molecule has 1 saturated carbocycles. The number of aliphatic hydroxyl groups is 1. The second-order valence-corrected chi connectivity index (χ2v) is 6.99. The van der Waals surface area contributed by atoms with Gasteiger partial charge in [0, 0.05) is 44.9 Å². The number of hydrogen-bond acceptors (Lipinski definition) is 4. The van der Waals surface area contributed by atoms with Gasteiger partial charge in [0.15, 0.2) is 0 Å². The summed E-state index contributed by atoms with van der Waals surface area (Å²) < 4.78 is 0. The first-order chi connectivity index (χ1) is 9.86. The van der Waals surface area contributed by atoms with E-state index in [0.717, 1.165) is 25.6 Å². The Hall–Kier alpha value is -0.420. The summed E-state index contributed by atoms with van der Waals surface area (Å²) in [4.78, 5) is 5.27. The zero-order valence-corrected chi connectivity index (χ0v) is 13.0. The number of thiophene rings is 1. The Morgan fingerprint density at radius 2 is 2.10 bits per heavy atom. The summed E-state index contributed by atoms with van der Waals surface area (Å²) in [5, 5.41) is 13.8. The Bertz CT molecular complexity index is 389. The minimum absolute atomic E-state index is 0.320. The number of piperazine rings is 1. The van der Waals surface area contributed by atoms with Crippen LogP contribution in [0.3, 0.4) is 0 Å². The lowest BCUT2D eigenvalue weighted by atomic mass is 10.0. The van der Waals surface area contributed by atoms with E-state index in [0.29, 0.717) is 12.6 Å². The molecule has 2 fully saturated rings. The monoisotopic (exact) mass is 294 g/mol. The zero-order valence-electron chi connectivity index (χ0n) is 12.2. The maximum atomic E-state index is 9.38. The predicted octanol–water partition coefficient (Wildman–Crippen LogP) is 2.56. The van der Waals surface area contributed by atoms with Crippen LogP contribution in [0.4, 0.5) is 0 Å². The minimum Gasteiger partial charge on any atom is -0.396 e. The molecule has 1 unspecified atom stereocenters. The normalized spacial score (nSPS) is 26.4. The average Bonchev–Trinajstić information content (AvgIpc) is 3.12. The molecule has 20 heavy (non-hydrogen) atoms. The summed E-state index contributed by atoms with van der Waals surface area (Å²) in [5.74, 6) is 0. The molecule has 1 aromatic heterocycles. The van der Waals surface area contributed by atoms with Crippen LogP contribution in [0, 0.1) is 0 Å². The quantitative estimate of drug-likeness (QED) is 0.904. The van der Waals surface area contributed by atoms with Crippen LogP contribution in [-0.2, 0) is 6.54 Å². The van der Waals surface area contributed by atoms with Crippen LogP contribution in [0.25, 0.3) is 0 Å². The fourth-order valence-corrected chi connectivity index (χ4v) is 4.50. The molecule has 0 amide bonds. The van der Waals surface area contributed by atoms with Gasteiger partial charge in [0.2, 0.25) is 0 Å². The molecule has 2 heterocycles. The molecule has 1 aromatic rings. The molecule has 4 heteroatoms. The van der Waals surface area contributed by atoms with Crippen LogP contribution in [0.1, 0.15) is 37.7 Å². The van der Waals surface area contributed by atoms with Crippen LogP contribution in [0.15, 0.2) is 16.8 Å². The number of rotatable bonds is 5. The maximum absolute atomic E-state index is 9.38. The third-order valence-corrected chi connectivity index (χ3v) is 5.59. The van der Waals surface area contributed by atoms with Crippen molar-refractivity contribution in [2.45, 2.75) is 50.7 Å². The van der Waals surface area contributed by atoms with Crippen LogP contribution < -0.4 is 0 Å². The van der Waals surface area contributed by atoms with E-state index < -0.39 is 0 Å². The van der Waals surface area contributed by atoms with E-state index in [1.165, 1.54) is 44.3 Å². The molecule has 1 aliphatic heterocycles. The Morgan fingerprint density at radius 1 is 1.25 bits per heavy atom. The van der Waals surface area contributed by atoms with Crippen molar-refractivity contribution in [1.82, 2.24) is 9.80 Å². The summed E-state index contributed by atoms with van der Waals surface area (Å²) in [6, 6.07) is 3.57. The van der Waals surface area contributed by atoms with Gasteiger partial charge in [0.05, 0.1) is 0 Å². The molecule has 0 radical (unpaired) electrons. The van der Waals surface area contributed by atoms with Crippen LogP contribution in [0.5, 0.6) is 0 Å². The van der Waals surface area contributed by atoms with E-state index in [9.17, 15) is 5.11 Å². The highest BCUT2D eigenvalue weighted by atomic mass is 32.1. The van der Waals surface area contributed by atoms with Crippen LogP contribution in [-0.4, -0.2) is 53.2 Å².